The highest BCUT2D eigenvalue weighted by Gasteiger charge is 2.30. The fraction of sp³-hybridized carbons (Fsp3) is 0.231. The molecule has 2 aromatic carbocycles. The number of amides is 1. The minimum absolute atomic E-state index is 0.0580. The predicted molar refractivity (Wildman–Crippen MR) is 131 cm³/mol. The van der Waals surface area contributed by atoms with Crippen LogP contribution in [0.4, 0.5) is 4.39 Å². The van der Waals surface area contributed by atoms with Gasteiger partial charge >= 0.3 is 0 Å². The molecule has 1 aliphatic rings. The average molecular weight is 496 g/mol. The third kappa shape index (κ3) is 5.75. The Balaban J connectivity index is 1.36. The molecule has 1 fully saturated rings. The molecular formula is C26H26FN3O4S. The zero-order valence-electron chi connectivity index (χ0n) is 19.5. The number of pyridine rings is 1. The summed E-state index contributed by atoms with van der Waals surface area (Å²) in [6.45, 7) is 4.68. The summed E-state index contributed by atoms with van der Waals surface area (Å²) < 4.78 is 47.4. The molecule has 0 N–H and O–H groups in total. The van der Waals surface area contributed by atoms with Gasteiger partial charge in [0.2, 0.25) is 15.9 Å². The maximum absolute atomic E-state index is 14.4. The van der Waals surface area contributed by atoms with Gasteiger partial charge in [0.05, 0.1) is 11.1 Å². The molecule has 182 valence electrons. The molecule has 0 saturated carbocycles. The lowest BCUT2D eigenvalue weighted by molar-refractivity contribution is -0.127. The van der Waals surface area contributed by atoms with Crippen molar-refractivity contribution in [3.8, 4) is 11.5 Å². The van der Waals surface area contributed by atoms with Gasteiger partial charge < -0.3 is 9.64 Å². The molecule has 1 amide bonds. The number of halogens is 1. The van der Waals surface area contributed by atoms with Crippen molar-refractivity contribution in [1.82, 2.24) is 14.2 Å². The quantitative estimate of drug-likeness (QED) is 0.480. The molecule has 35 heavy (non-hydrogen) atoms. The smallest absolute Gasteiger partial charge is 0.246 e. The molecule has 0 radical (unpaired) electrons. The minimum Gasteiger partial charge on any atom is -0.453 e. The SMILES string of the molecule is Cc1ccc(S(=O)(=O)N2CCN(C(=O)/C=C/c3ccc(Oc4cccnc4)c(F)c3)CC2)c(C)c1. The lowest BCUT2D eigenvalue weighted by atomic mass is 10.2. The number of rotatable bonds is 6. The fourth-order valence-electron chi connectivity index (χ4n) is 3.89. The summed E-state index contributed by atoms with van der Waals surface area (Å²) in [5.41, 5.74) is 2.21. The number of sulfonamides is 1. The molecule has 0 bridgehead atoms. The number of piperazine rings is 1. The summed E-state index contributed by atoms with van der Waals surface area (Å²) in [4.78, 5) is 18.4. The van der Waals surface area contributed by atoms with Gasteiger partial charge in [-0.1, -0.05) is 23.8 Å². The molecule has 4 rings (SSSR count). The van der Waals surface area contributed by atoms with Crippen LogP contribution in [-0.4, -0.2) is 54.7 Å². The summed E-state index contributed by atoms with van der Waals surface area (Å²) >= 11 is 0. The molecule has 7 nitrogen and oxygen atoms in total. The number of carbonyl (C=O) groups is 1. The second kappa shape index (κ2) is 10.4. The summed E-state index contributed by atoms with van der Waals surface area (Å²) in [6, 6.07) is 13.0. The van der Waals surface area contributed by atoms with E-state index in [0.717, 1.165) is 5.56 Å². The number of hydrogen-bond donors (Lipinski definition) is 0. The molecule has 2 heterocycles. The molecule has 1 aliphatic heterocycles. The van der Waals surface area contributed by atoms with Gasteiger partial charge in [0.25, 0.3) is 0 Å². The van der Waals surface area contributed by atoms with Crippen molar-refractivity contribution < 1.29 is 22.3 Å². The topological polar surface area (TPSA) is 79.8 Å². The van der Waals surface area contributed by atoms with E-state index in [0.29, 0.717) is 21.8 Å². The Morgan fingerprint density at radius 3 is 2.49 bits per heavy atom. The Hall–Kier alpha value is -3.56. The second-order valence-corrected chi connectivity index (χ2v) is 10.2. The Bertz CT molecular complexity index is 1350. The maximum atomic E-state index is 14.4. The van der Waals surface area contributed by atoms with Crippen molar-refractivity contribution in [3.05, 3.63) is 89.5 Å². The molecule has 9 heteroatoms. The zero-order chi connectivity index (χ0) is 25.0. The van der Waals surface area contributed by atoms with Crippen LogP contribution in [0.2, 0.25) is 0 Å². The van der Waals surface area contributed by atoms with E-state index in [-0.39, 0.29) is 37.8 Å². The number of carbonyl (C=O) groups excluding carboxylic acids is 1. The van der Waals surface area contributed by atoms with Gasteiger partial charge in [-0.15, -0.1) is 0 Å². The van der Waals surface area contributed by atoms with Gasteiger partial charge in [-0.2, -0.15) is 4.31 Å². The predicted octanol–water partition coefficient (Wildman–Crippen LogP) is 4.18. The molecular weight excluding hydrogens is 469 g/mol. The van der Waals surface area contributed by atoms with Crippen molar-refractivity contribution >= 4 is 22.0 Å². The van der Waals surface area contributed by atoms with Crippen LogP contribution in [0.1, 0.15) is 16.7 Å². The van der Waals surface area contributed by atoms with E-state index in [9.17, 15) is 17.6 Å². The largest absolute Gasteiger partial charge is 0.453 e. The first-order valence-corrected chi connectivity index (χ1v) is 12.6. The average Bonchev–Trinajstić information content (AvgIpc) is 2.84. The number of aryl methyl sites for hydroxylation is 2. The second-order valence-electron chi connectivity index (χ2n) is 8.31. The van der Waals surface area contributed by atoms with Gasteiger partial charge in [0.1, 0.15) is 5.75 Å². The minimum atomic E-state index is -3.63. The fourth-order valence-corrected chi connectivity index (χ4v) is 5.52. The van der Waals surface area contributed by atoms with E-state index in [1.54, 1.807) is 48.4 Å². The van der Waals surface area contributed by atoms with E-state index in [1.165, 1.54) is 34.8 Å². The van der Waals surface area contributed by atoms with Crippen molar-refractivity contribution in [3.63, 3.8) is 0 Å². The van der Waals surface area contributed by atoms with Crippen LogP contribution >= 0.6 is 0 Å². The van der Waals surface area contributed by atoms with E-state index >= 15 is 0 Å². The Morgan fingerprint density at radius 1 is 1.06 bits per heavy atom. The van der Waals surface area contributed by atoms with Gasteiger partial charge in [-0.3, -0.25) is 9.78 Å². The third-order valence-corrected chi connectivity index (χ3v) is 7.79. The van der Waals surface area contributed by atoms with E-state index in [4.69, 9.17) is 4.74 Å². The zero-order valence-corrected chi connectivity index (χ0v) is 20.3. The van der Waals surface area contributed by atoms with Crippen LogP contribution in [0.25, 0.3) is 6.08 Å². The number of aromatic nitrogens is 1. The summed E-state index contributed by atoms with van der Waals surface area (Å²) in [6.07, 6.45) is 5.97. The first kappa shape index (κ1) is 24.6. The Kier molecular flexibility index (Phi) is 7.28. The standard InChI is InChI=1S/C26H26FN3O4S/c1-19-5-9-25(20(2)16-19)35(32,33)30-14-12-29(13-15-30)26(31)10-7-21-6-8-24(23(27)17-21)34-22-4-3-11-28-18-22/h3-11,16-18H,12-15H2,1-2H3/b10-7+. The van der Waals surface area contributed by atoms with Gasteiger partial charge in [0.15, 0.2) is 11.6 Å². The molecule has 0 unspecified atom stereocenters. The van der Waals surface area contributed by atoms with Crippen LogP contribution in [-0.2, 0) is 14.8 Å². The van der Waals surface area contributed by atoms with Crippen LogP contribution in [0.5, 0.6) is 11.5 Å². The number of ether oxygens (including phenoxy) is 1. The highest BCUT2D eigenvalue weighted by Crippen LogP contribution is 2.25. The van der Waals surface area contributed by atoms with Crippen LogP contribution < -0.4 is 4.74 Å². The van der Waals surface area contributed by atoms with Crippen molar-refractivity contribution in [2.24, 2.45) is 0 Å². The molecule has 0 atom stereocenters. The Labute approximate surface area is 204 Å². The van der Waals surface area contributed by atoms with E-state index < -0.39 is 15.8 Å². The van der Waals surface area contributed by atoms with Gasteiger partial charge in [-0.05, 0) is 61.4 Å². The van der Waals surface area contributed by atoms with Crippen molar-refractivity contribution in [2.75, 3.05) is 26.2 Å². The van der Waals surface area contributed by atoms with Gasteiger partial charge in [0, 0.05) is 38.5 Å². The molecule has 1 aromatic heterocycles. The summed E-state index contributed by atoms with van der Waals surface area (Å²) in [5.74, 6) is -0.343. The van der Waals surface area contributed by atoms with Crippen LogP contribution in [0, 0.1) is 19.7 Å². The third-order valence-electron chi connectivity index (χ3n) is 5.74. The highest BCUT2D eigenvalue weighted by molar-refractivity contribution is 7.89. The highest BCUT2D eigenvalue weighted by atomic mass is 32.2. The number of nitrogens with zero attached hydrogens (tertiary/aromatic N) is 3. The lowest BCUT2D eigenvalue weighted by Gasteiger charge is -2.33. The van der Waals surface area contributed by atoms with Crippen molar-refractivity contribution in [2.45, 2.75) is 18.7 Å². The summed E-state index contributed by atoms with van der Waals surface area (Å²) in [5, 5.41) is 0. The molecule has 1 saturated heterocycles. The first-order chi connectivity index (χ1) is 16.7. The van der Waals surface area contributed by atoms with E-state index in [1.807, 2.05) is 13.0 Å². The monoisotopic (exact) mass is 495 g/mol. The Morgan fingerprint density at radius 2 is 1.83 bits per heavy atom. The molecule has 3 aromatic rings. The first-order valence-electron chi connectivity index (χ1n) is 11.2. The number of benzene rings is 2. The molecule has 0 aliphatic carbocycles. The maximum Gasteiger partial charge on any atom is 0.246 e. The number of hydrogen-bond acceptors (Lipinski definition) is 5. The van der Waals surface area contributed by atoms with Crippen LogP contribution in [0.3, 0.4) is 0 Å². The lowest BCUT2D eigenvalue weighted by Crippen LogP contribution is -2.50. The molecule has 0 spiro atoms. The van der Waals surface area contributed by atoms with Crippen LogP contribution in [0.15, 0.2) is 71.9 Å². The normalized spacial score (nSPS) is 14.9. The van der Waals surface area contributed by atoms with Gasteiger partial charge in [-0.25, -0.2) is 12.8 Å². The summed E-state index contributed by atoms with van der Waals surface area (Å²) in [7, 11) is -3.63. The van der Waals surface area contributed by atoms with Crippen molar-refractivity contribution in [1.29, 1.82) is 0 Å². The van der Waals surface area contributed by atoms with E-state index in [2.05, 4.69) is 4.98 Å².